The quantitative estimate of drug-likeness (QED) is 0.837. The van der Waals surface area contributed by atoms with Crippen molar-refractivity contribution in [2.75, 3.05) is 27.9 Å². The summed E-state index contributed by atoms with van der Waals surface area (Å²) in [6.45, 7) is -1.36. The Hall–Kier alpha value is -1.31. The van der Waals surface area contributed by atoms with Gasteiger partial charge in [0.05, 0.1) is 21.3 Å². The zero-order chi connectivity index (χ0) is 14.6. The number of aliphatic hydroxyl groups excluding tert-OH is 1. The molecule has 1 atom stereocenters. The molecule has 0 amide bonds. The third-order valence-corrected chi connectivity index (χ3v) is 2.74. The molecule has 1 aromatic carbocycles. The molecule has 1 aromatic rings. The number of benzene rings is 1. The summed E-state index contributed by atoms with van der Waals surface area (Å²) in [6, 6.07) is 1.00. The summed E-state index contributed by atoms with van der Waals surface area (Å²) in [5.74, 6) is -2.74. The summed E-state index contributed by atoms with van der Waals surface area (Å²) < 4.78 is 42.0. The Balaban J connectivity index is 0.00000361. The van der Waals surface area contributed by atoms with Crippen molar-refractivity contribution in [2.45, 2.75) is 12.0 Å². The third-order valence-electron chi connectivity index (χ3n) is 2.74. The molecule has 20 heavy (non-hydrogen) atoms. The summed E-state index contributed by atoms with van der Waals surface area (Å²) in [5.41, 5.74) is 5.52. The molecule has 0 saturated carbocycles. The van der Waals surface area contributed by atoms with Gasteiger partial charge in [-0.3, -0.25) is 0 Å². The Bertz CT molecular complexity index is 446. The van der Waals surface area contributed by atoms with Gasteiger partial charge in [0.25, 0.3) is 5.92 Å². The van der Waals surface area contributed by atoms with Crippen LogP contribution in [-0.4, -0.2) is 39.0 Å². The molecule has 5 nitrogen and oxygen atoms in total. The van der Waals surface area contributed by atoms with Crippen molar-refractivity contribution in [2.24, 2.45) is 5.73 Å². The largest absolute Gasteiger partial charge is 0.496 e. The Labute approximate surface area is 122 Å². The van der Waals surface area contributed by atoms with Crippen molar-refractivity contribution in [3.63, 3.8) is 0 Å². The van der Waals surface area contributed by atoms with E-state index in [1.54, 1.807) is 0 Å². The molecule has 0 aliphatic rings. The second-order valence-corrected chi connectivity index (χ2v) is 3.85. The number of hydrogen-bond acceptors (Lipinski definition) is 5. The monoisotopic (exact) mass is 313 g/mol. The molecule has 3 N–H and O–H groups in total. The molecule has 116 valence electrons. The highest BCUT2D eigenvalue weighted by Crippen LogP contribution is 2.40. The SMILES string of the molecule is COc1cc(OC)c([C@H](N)C(F)(F)CO)cc1OC.Cl. The van der Waals surface area contributed by atoms with E-state index < -0.39 is 18.6 Å². The van der Waals surface area contributed by atoms with Gasteiger partial charge in [0.15, 0.2) is 11.5 Å². The van der Waals surface area contributed by atoms with Crippen LogP contribution >= 0.6 is 12.4 Å². The van der Waals surface area contributed by atoms with Crippen molar-refractivity contribution in [1.29, 1.82) is 0 Å². The lowest BCUT2D eigenvalue weighted by Crippen LogP contribution is -2.36. The first kappa shape index (κ1) is 18.7. The average Bonchev–Trinajstić information content (AvgIpc) is 2.44. The Morgan fingerprint density at radius 1 is 1.10 bits per heavy atom. The van der Waals surface area contributed by atoms with Gasteiger partial charge in [0.1, 0.15) is 18.4 Å². The van der Waals surface area contributed by atoms with Gasteiger partial charge < -0.3 is 25.1 Å². The van der Waals surface area contributed by atoms with E-state index in [0.717, 1.165) is 0 Å². The van der Waals surface area contributed by atoms with Crippen molar-refractivity contribution < 1.29 is 28.1 Å². The predicted molar refractivity (Wildman–Crippen MR) is 72.3 cm³/mol. The molecular formula is C12H18ClF2NO4. The van der Waals surface area contributed by atoms with Gasteiger partial charge in [-0.15, -0.1) is 12.4 Å². The number of alkyl halides is 2. The van der Waals surface area contributed by atoms with Gasteiger partial charge >= 0.3 is 0 Å². The van der Waals surface area contributed by atoms with Crippen LogP contribution < -0.4 is 19.9 Å². The first-order valence-electron chi connectivity index (χ1n) is 5.45. The second-order valence-electron chi connectivity index (χ2n) is 3.85. The van der Waals surface area contributed by atoms with E-state index >= 15 is 0 Å². The minimum Gasteiger partial charge on any atom is -0.496 e. The normalized spacial score (nSPS) is 12.3. The highest BCUT2D eigenvalue weighted by molar-refractivity contribution is 5.85. The van der Waals surface area contributed by atoms with E-state index in [-0.39, 0.29) is 29.5 Å². The second kappa shape index (κ2) is 7.47. The van der Waals surface area contributed by atoms with Crippen LogP contribution in [0, 0.1) is 0 Å². The van der Waals surface area contributed by atoms with Crippen LogP contribution in [0.1, 0.15) is 11.6 Å². The summed E-state index contributed by atoms with van der Waals surface area (Å²) in [6.07, 6.45) is 0. The lowest BCUT2D eigenvalue weighted by atomic mass is 10.00. The van der Waals surface area contributed by atoms with E-state index in [4.69, 9.17) is 25.1 Å². The van der Waals surface area contributed by atoms with Crippen LogP contribution in [0.5, 0.6) is 17.2 Å². The molecule has 0 bridgehead atoms. The molecule has 0 unspecified atom stereocenters. The van der Waals surface area contributed by atoms with Gasteiger partial charge in [-0.05, 0) is 6.07 Å². The highest BCUT2D eigenvalue weighted by atomic mass is 35.5. The van der Waals surface area contributed by atoms with Crippen LogP contribution in [-0.2, 0) is 0 Å². The smallest absolute Gasteiger partial charge is 0.289 e. The standard InChI is InChI=1S/C12H17F2NO4.ClH/c1-17-8-5-10(19-3)9(18-2)4-7(8)11(15)12(13,14)6-16;/h4-5,11,16H,6,15H2,1-3H3;1H/t11-;/m0./s1. The number of ether oxygens (including phenoxy) is 3. The molecule has 0 aliphatic heterocycles. The third kappa shape index (κ3) is 3.62. The average molecular weight is 314 g/mol. The molecule has 0 heterocycles. The molecular weight excluding hydrogens is 296 g/mol. The zero-order valence-electron chi connectivity index (χ0n) is 11.4. The molecule has 0 aromatic heterocycles. The lowest BCUT2D eigenvalue weighted by Gasteiger charge is -2.24. The van der Waals surface area contributed by atoms with Crippen molar-refractivity contribution in [3.8, 4) is 17.2 Å². The fourth-order valence-corrected chi connectivity index (χ4v) is 1.62. The van der Waals surface area contributed by atoms with Crippen molar-refractivity contribution in [1.82, 2.24) is 0 Å². The van der Waals surface area contributed by atoms with Crippen LogP contribution in [0.3, 0.4) is 0 Å². The van der Waals surface area contributed by atoms with Crippen LogP contribution in [0.25, 0.3) is 0 Å². The molecule has 8 heteroatoms. The molecule has 0 spiro atoms. The van der Waals surface area contributed by atoms with Crippen LogP contribution in [0.2, 0.25) is 0 Å². The maximum Gasteiger partial charge on any atom is 0.289 e. The number of nitrogens with two attached hydrogens (primary N) is 1. The first-order chi connectivity index (χ1) is 8.91. The molecule has 1 rings (SSSR count). The lowest BCUT2D eigenvalue weighted by molar-refractivity contribution is -0.0716. The minimum absolute atomic E-state index is 0. The Kier molecular flexibility index (Phi) is 6.98. The van der Waals surface area contributed by atoms with Gasteiger partial charge in [-0.1, -0.05) is 0 Å². The molecule has 0 fully saturated rings. The topological polar surface area (TPSA) is 73.9 Å². The maximum atomic E-state index is 13.5. The number of methoxy groups -OCH3 is 3. The highest BCUT2D eigenvalue weighted by Gasteiger charge is 2.39. The van der Waals surface area contributed by atoms with Crippen LogP contribution in [0.4, 0.5) is 8.78 Å². The van der Waals surface area contributed by atoms with E-state index in [2.05, 4.69) is 0 Å². The summed E-state index contributed by atoms with van der Waals surface area (Å²) >= 11 is 0. The maximum absolute atomic E-state index is 13.5. The fraction of sp³-hybridized carbons (Fsp3) is 0.500. The van der Waals surface area contributed by atoms with Crippen LogP contribution in [0.15, 0.2) is 12.1 Å². The molecule has 0 aliphatic carbocycles. The van der Waals surface area contributed by atoms with E-state index in [1.807, 2.05) is 0 Å². The minimum atomic E-state index is -3.47. The fourth-order valence-electron chi connectivity index (χ4n) is 1.62. The summed E-state index contributed by atoms with van der Waals surface area (Å²) in [4.78, 5) is 0. The van der Waals surface area contributed by atoms with E-state index in [0.29, 0.717) is 5.75 Å². The summed E-state index contributed by atoms with van der Waals surface area (Å²) in [5, 5.41) is 8.69. The Morgan fingerprint density at radius 2 is 1.55 bits per heavy atom. The summed E-state index contributed by atoms with van der Waals surface area (Å²) in [7, 11) is 4.12. The van der Waals surface area contributed by atoms with Gasteiger partial charge in [-0.2, -0.15) is 0 Å². The van der Waals surface area contributed by atoms with Gasteiger partial charge in [0, 0.05) is 11.6 Å². The van der Waals surface area contributed by atoms with Gasteiger partial charge in [0.2, 0.25) is 0 Å². The number of rotatable bonds is 6. The molecule has 0 saturated heterocycles. The van der Waals surface area contributed by atoms with Gasteiger partial charge in [-0.25, -0.2) is 8.78 Å². The predicted octanol–water partition coefficient (Wildman–Crippen LogP) is 1.76. The number of aliphatic hydroxyl groups is 1. The number of halogens is 3. The number of hydrogen-bond donors (Lipinski definition) is 2. The van der Waals surface area contributed by atoms with Crippen molar-refractivity contribution in [3.05, 3.63) is 17.7 Å². The van der Waals surface area contributed by atoms with Crippen molar-refractivity contribution >= 4 is 12.4 Å². The Morgan fingerprint density at radius 3 is 1.95 bits per heavy atom. The van der Waals surface area contributed by atoms with E-state index in [9.17, 15) is 8.78 Å². The zero-order valence-corrected chi connectivity index (χ0v) is 12.2. The first-order valence-corrected chi connectivity index (χ1v) is 5.45. The molecule has 0 radical (unpaired) electrons. The van der Waals surface area contributed by atoms with E-state index in [1.165, 1.54) is 33.5 Å².